The van der Waals surface area contributed by atoms with Crippen LogP contribution in [0.4, 0.5) is 3.89 Å². The number of rotatable bonds is 3. The van der Waals surface area contributed by atoms with Crippen LogP contribution in [0.5, 0.6) is 0 Å². The third-order valence-corrected chi connectivity index (χ3v) is 2.34. The van der Waals surface area contributed by atoms with Gasteiger partial charge in [-0.3, -0.25) is 4.79 Å². The van der Waals surface area contributed by atoms with E-state index in [1.807, 2.05) is 0 Å². The van der Waals surface area contributed by atoms with E-state index in [1.54, 1.807) is 0 Å². The van der Waals surface area contributed by atoms with Gasteiger partial charge in [-0.25, -0.2) is 0 Å². The van der Waals surface area contributed by atoms with Gasteiger partial charge < -0.3 is 4.74 Å². The lowest BCUT2D eigenvalue weighted by atomic mass is 9.97. The first-order chi connectivity index (χ1) is 5.19. The van der Waals surface area contributed by atoms with E-state index in [0.717, 1.165) is 7.11 Å². The van der Waals surface area contributed by atoms with Crippen molar-refractivity contribution < 1.29 is 21.8 Å². The summed E-state index contributed by atoms with van der Waals surface area (Å²) >= 11 is 0. The summed E-state index contributed by atoms with van der Waals surface area (Å²) in [6, 6.07) is 0. The Labute approximate surface area is 70.9 Å². The van der Waals surface area contributed by atoms with E-state index in [1.165, 1.54) is 13.8 Å². The first-order valence-electron chi connectivity index (χ1n) is 3.20. The number of esters is 1. The first kappa shape index (κ1) is 11.4. The van der Waals surface area contributed by atoms with Crippen molar-refractivity contribution in [1.82, 2.24) is 0 Å². The summed E-state index contributed by atoms with van der Waals surface area (Å²) in [5, 5.41) is 0. The van der Waals surface area contributed by atoms with E-state index < -0.39 is 27.4 Å². The van der Waals surface area contributed by atoms with E-state index in [2.05, 4.69) is 4.74 Å². The standard InChI is InChI=1S/C6H11FO4S/c1-6(2,5(8)11-3)4-12(7,9)10/h4H2,1-3H3. The minimum atomic E-state index is -4.64. The Morgan fingerprint density at radius 3 is 2.17 bits per heavy atom. The Morgan fingerprint density at radius 1 is 1.50 bits per heavy atom. The van der Waals surface area contributed by atoms with Crippen LogP contribution in [0, 0.1) is 5.41 Å². The summed E-state index contributed by atoms with van der Waals surface area (Å²) in [5.74, 6) is -1.60. The van der Waals surface area contributed by atoms with Crippen molar-refractivity contribution in [2.75, 3.05) is 12.9 Å². The summed E-state index contributed by atoms with van der Waals surface area (Å²) < 4.78 is 36.8. The lowest BCUT2D eigenvalue weighted by molar-refractivity contribution is -0.149. The predicted molar refractivity (Wildman–Crippen MR) is 40.7 cm³/mol. The van der Waals surface area contributed by atoms with Gasteiger partial charge in [-0.2, -0.15) is 8.42 Å². The van der Waals surface area contributed by atoms with E-state index in [9.17, 15) is 17.1 Å². The van der Waals surface area contributed by atoms with Crippen molar-refractivity contribution >= 4 is 16.2 Å². The Balaban J connectivity index is 4.54. The molecule has 0 aromatic carbocycles. The molecule has 12 heavy (non-hydrogen) atoms. The molecule has 4 nitrogen and oxygen atoms in total. The van der Waals surface area contributed by atoms with Gasteiger partial charge in [-0.1, -0.05) is 0 Å². The molecule has 0 saturated heterocycles. The average molecular weight is 198 g/mol. The van der Waals surface area contributed by atoms with Crippen molar-refractivity contribution in [1.29, 1.82) is 0 Å². The van der Waals surface area contributed by atoms with Crippen molar-refractivity contribution in [3.63, 3.8) is 0 Å². The van der Waals surface area contributed by atoms with Gasteiger partial charge >= 0.3 is 16.2 Å². The molecule has 0 fully saturated rings. The Hall–Kier alpha value is -0.650. The molecule has 0 rings (SSSR count). The van der Waals surface area contributed by atoms with Gasteiger partial charge in [0.05, 0.1) is 18.3 Å². The Bertz CT molecular complexity index is 267. The summed E-state index contributed by atoms with van der Waals surface area (Å²) in [7, 11) is -3.52. The number of halogens is 1. The van der Waals surface area contributed by atoms with Crippen LogP contribution in [-0.4, -0.2) is 27.2 Å². The maximum Gasteiger partial charge on any atom is 0.312 e. The monoisotopic (exact) mass is 198 g/mol. The fourth-order valence-electron chi connectivity index (χ4n) is 0.766. The van der Waals surface area contributed by atoms with Gasteiger partial charge in [0.15, 0.2) is 0 Å². The number of methoxy groups -OCH3 is 1. The lowest BCUT2D eigenvalue weighted by Gasteiger charge is -2.18. The molecule has 0 amide bonds. The van der Waals surface area contributed by atoms with E-state index in [0.29, 0.717) is 0 Å². The van der Waals surface area contributed by atoms with Crippen LogP contribution in [0.25, 0.3) is 0 Å². The topological polar surface area (TPSA) is 60.4 Å². The molecule has 0 atom stereocenters. The van der Waals surface area contributed by atoms with Gasteiger partial charge in [0.1, 0.15) is 0 Å². The second-order valence-corrected chi connectivity index (χ2v) is 4.43. The third kappa shape index (κ3) is 3.66. The molecule has 0 N–H and O–H groups in total. The number of carbonyl (C=O) groups excluding carboxylic acids is 1. The highest BCUT2D eigenvalue weighted by atomic mass is 32.3. The van der Waals surface area contributed by atoms with Gasteiger partial charge in [0.2, 0.25) is 0 Å². The lowest BCUT2D eigenvalue weighted by Crippen LogP contribution is -2.32. The smallest absolute Gasteiger partial charge is 0.312 e. The Kier molecular flexibility index (Phi) is 3.20. The van der Waals surface area contributed by atoms with E-state index in [4.69, 9.17) is 0 Å². The Morgan fingerprint density at radius 2 is 1.92 bits per heavy atom. The number of hydrogen-bond donors (Lipinski definition) is 0. The maximum absolute atomic E-state index is 12.1. The van der Waals surface area contributed by atoms with Crippen LogP contribution in [0.2, 0.25) is 0 Å². The van der Waals surface area contributed by atoms with Gasteiger partial charge in [0.25, 0.3) is 0 Å². The number of carbonyl (C=O) groups is 1. The van der Waals surface area contributed by atoms with Crippen molar-refractivity contribution in [2.45, 2.75) is 13.8 Å². The van der Waals surface area contributed by atoms with Crippen LogP contribution in [0.15, 0.2) is 0 Å². The van der Waals surface area contributed by atoms with Crippen LogP contribution in [0.3, 0.4) is 0 Å². The summed E-state index contributed by atoms with van der Waals surface area (Å²) in [5.41, 5.74) is -1.33. The number of ether oxygens (including phenoxy) is 1. The molecule has 0 unspecified atom stereocenters. The molecule has 0 aliphatic rings. The quantitative estimate of drug-likeness (QED) is 0.489. The van der Waals surface area contributed by atoms with Crippen molar-refractivity contribution in [2.24, 2.45) is 5.41 Å². The normalized spacial score (nSPS) is 12.7. The van der Waals surface area contributed by atoms with Gasteiger partial charge in [0, 0.05) is 0 Å². The third-order valence-electron chi connectivity index (χ3n) is 1.27. The van der Waals surface area contributed by atoms with Crippen LogP contribution < -0.4 is 0 Å². The van der Waals surface area contributed by atoms with Crippen LogP contribution >= 0.6 is 0 Å². The molecule has 6 heteroatoms. The largest absolute Gasteiger partial charge is 0.469 e. The zero-order chi connectivity index (χ0) is 9.99. The zero-order valence-electron chi connectivity index (χ0n) is 7.13. The molecule has 0 spiro atoms. The molecule has 0 radical (unpaired) electrons. The summed E-state index contributed by atoms with van der Waals surface area (Å²) in [6.45, 7) is 2.60. The van der Waals surface area contributed by atoms with E-state index in [-0.39, 0.29) is 0 Å². The number of hydrogen-bond acceptors (Lipinski definition) is 4. The molecule has 0 aromatic rings. The van der Waals surface area contributed by atoms with E-state index >= 15 is 0 Å². The molecule has 0 saturated carbocycles. The first-order valence-corrected chi connectivity index (χ1v) is 4.75. The molecular formula is C6H11FO4S. The molecule has 0 aromatic heterocycles. The highest BCUT2D eigenvalue weighted by molar-refractivity contribution is 7.86. The maximum atomic E-state index is 12.1. The highest BCUT2D eigenvalue weighted by Crippen LogP contribution is 2.20. The highest BCUT2D eigenvalue weighted by Gasteiger charge is 2.34. The average Bonchev–Trinajstić information content (AvgIpc) is 1.80. The second-order valence-electron chi connectivity index (χ2n) is 3.06. The van der Waals surface area contributed by atoms with Crippen molar-refractivity contribution in [3.8, 4) is 0 Å². The minimum Gasteiger partial charge on any atom is -0.469 e. The molecule has 0 bridgehead atoms. The van der Waals surface area contributed by atoms with Crippen LogP contribution in [-0.2, 0) is 19.8 Å². The molecular weight excluding hydrogens is 187 g/mol. The van der Waals surface area contributed by atoms with Crippen LogP contribution in [0.1, 0.15) is 13.8 Å². The van der Waals surface area contributed by atoms with Gasteiger partial charge in [-0.05, 0) is 13.8 Å². The zero-order valence-corrected chi connectivity index (χ0v) is 7.94. The van der Waals surface area contributed by atoms with Crippen molar-refractivity contribution in [3.05, 3.63) is 0 Å². The molecule has 0 aliphatic heterocycles. The summed E-state index contributed by atoms with van der Waals surface area (Å²) in [4.78, 5) is 10.9. The fourth-order valence-corrected chi connectivity index (χ4v) is 1.75. The molecule has 0 aliphatic carbocycles. The fraction of sp³-hybridized carbons (Fsp3) is 0.833. The summed E-state index contributed by atoms with van der Waals surface area (Å²) in [6.07, 6.45) is 0. The SMILES string of the molecule is COC(=O)C(C)(C)CS(=O)(=O)F. The molecule has 72 valence electrons. The minimum absolute atomic E-state index is 0.747. The molecule has 0 heterocycles. The second kappa shape index (κ2) is 3.38. The van der Waals surface area contributed by atoms with Gasteiger partial charge in [-0.15, -0.1) is 3.89 Å². The predicted octanol–water partition coefficient (Wildman–Crippen LogP) is 0.485.